The second-order valence-electron chi connectivity index (χ2n) is 6.84. The Hall–Kier alpha value is -3.92. The minimum atomic E-state index is -3.97. The lowest BCUT2D eigenvalue weighted by molar-refractivity contribution is -0.384. The number of hydrogen-bond donors (Lipinski definition) is 1. The molecule has 0 radical (unpaired) electrons. The molecule has 1 N–H and O–H groups in total. The van der Waals surface area contributed by atoms with E-state index >= 15 is 0 Å². The normalized spacial score (nSPS) is 10.9. The van der Waals surface area contributed by atoms with Gasteiger partial charge < -0.3 is 10.1 Å². The zero-order valence-corrected chi connectivity index (χ0v) is 18.2. The van der Waals surface area contributed by atoms with Crippen LogP contribution in [0.1, 0.15) is 0 Å². The standard InChI is InChI=1S/C22H21N3O6S/c1-31-21-13-12-17(25(27)28)14-20(21)24(32(2,29)30)15-22(26)23-19-11-7-6-10-18(19)16-8-4-3-5-9-16/h3-14H,15H2,1-2H3,(H,23,26). The molecule has 0 aliphatic heterocycles. The van der Waals surface area contributed by atoms with Crippen LogP contribution in [0.2, 0.25) is 0 Å². The van der Waals surface area contributed by atoms with Gasteiger partial charge in [-0.15, -0.1) is 0 Å². The zero-order chi connectivity index (χ0) is 23.3. The molecule has 3 aromatic rings. The number of rotatable bonds is 8. The van der Waals surface area contributed by atoms with Crippen LogP contribution in [0.4, 0.5) is 17.1 Å². The molecule has 0 atom stereocenters. The predicted molar refractivity (Wildman–Crippen MR) is 122 cm³/mol. The van der Waals surface area contributed by atoms with E-state index in [0.29, 0.717) is 5.69 Å². The number of anilines is 2. The molecule has 0 aromatic heterocycles. The Labute approximate surface area is 185 Å². The first-order valence-corrected chi connectivity index (χ1v) is 11.3. The number of carbonyl (C=O) groups excluding carboxylic acids is 1. The quantitative estimate of drug-likeness (QED) is 0.409. The second-order valence-corrected chi connectivity index (χ2v) is 8.75. The summed E-state index contributed by atoms with van der Waals surface area (Å²) >= 11 is 0. The molecule has 3 aromatic carbocycles. The van der Waals surface area contributed by atoms with E-state index in [9.17, 15) is 23.3 Å². The Balaban J connectivity index is 1.94. The van der Waals surface area contributed by atoms with Gasteiger partial charge in [0.15, 0.2) is 0 Å². The molecule has 0 saturated heterocycles. The average Bonchev–Trinajstić information content (AvgIpc) is 2.77. The van der Waals surface area contributed by atoms with E-state index in [1.807, 2.05) is 42.5 Å². The first-order chi connectivity index (χ1) is 15.2. The number of hydrogen-bond acceptors (Lipinski definition) is 6. The summed E-state index contributed by atoms with van der Waals surface area (Å²) < 4.78 is 30.9. The van der Waals surface area contributed by atoms with Gasteiger partial charge in [-0.2, -0.15) is 0 Å². The Morgan fingerprint density at radius 2 is 1.72 bits per heavy atom. The number of carbonyl (C=O) groups is 1. The third kappa shape index (κ3) is 5.22. The monoisotopic (exact) mass is 455 g/mol. The molecule has 1 amide bonds. The van der Waals surface area contributed by atoms with Crippen molar-refractivity contribution in [3.8, 4) is 16.9 Å². The van der Waals surface area contributed by atoms with Crippen LogP contribution in [-0.2, 0) is 14.8 Å². The molecule has 9 nitrogen and oxygen atoms in total. The Kier molecular flexibility index (Phi) is 6.74. The first-order valence-electron chi connectivity index (χ1n) is 9.45. The van der Waals surface area contributed by atoms with Gasteiger partial charge in [-0.25, -0.2) is 8.42 Å². The van der Waals surface area contributed by atoms with E-state index in [1.54, 1.807) is 12.1 Å². The maximum Gasteiger partial charge on any atom is 0.271 e. The van der Waals surface area contributed by atoms with E-state index in [0.717, 1.165) is 27.8 Å². The summed E-state index contributed by atoms with van der Waals surface area (Å²) in [6.45, 7) is -0.598. The van der Waals surface area contributed by atoms with Gasteiger partial charge in [-0.3, -0.25) is 19.2 Å². The number of ether oxygens (including phenoxy) is 1. The van der Waals surface area contributed by atoms with Crippen LogP contribution in [0.25, 0.3) is 11.1 Å². The fourth-order valence-corrected chi connectivity index (χ4v) is 4.00. The SMILES string of the molecule is COc1ccc([N+](=O)[O-])cc1N(CC(=O)Nc1ccccc1-c1ccccc1)S(C)(=O)=O. The summed E-state index contributed by atoms with van der Waals surface area (Å²) in [6, 6.07) is 20.1. The van der Waals surface area contributed by atoms with Crippen LogP contribution in [0.15, 0.2) is 72.8 Å². The number of benzene rings is 3. The fraction of sp³-hybridized carbons (Fsp3) is 0.136. The van der Waals surface area contributed by atoms with E-state index in [4.69, 9.17) is 4.74 Å². The summed E-state index contributed by atoms with van der Waals surface area (Å²) in [5, 5.41) is 13.9. The summed E-state index contributed by atoms with van der Waals surface area (Å²) in [5.41, 5.74) is 1.71. The van der Waals surface area contributed by atoms with E-state index < -0.39 is 27.4 Å². The van der Waals surface area contributed by atoms with Crippen LogP contribution in [-0.4, -0.2) is 39.2 Å². The maximum atomic E-state index is 12.9. The van der Waals surface area contributed by atoms with Crippen molar-refractivity contribution in [3.05, 3.63) is 82.9 Å². The van der Waals surface area contributed by atoms with Gasteiger partial charge >= 0.3 is 0 Å². The lowest BCUT2D eigenvalue weighted by atomic mass is 10.0. The van der Waals surface area contributed by atoms with Crippen molar-refractivity contribution in [2.45, 2.75) is 0 Å². The molecule has 0 spiro atoms. The van der Waals surface area contributed by atoms with Crippen molar-refractivity contribution < 1.29 is 22.9 Å². The lowest BCUT2D eigenvalue weighted by Crippen LogP contribution is -2.37. The van der Waals surface area contributed by atoms with E-state index in [2.05, 4.69) is 5.32 Å². The number of amides is 1. The highest BCUT2D eigenvalue weighted by atomic mass is 32.2. The molecule has 10 heteroatoms. The highest BCUT2D eigenvalue weighted by Crippen LogP contribution is 2.34. The van der Waals surface area contributed by atoms with Crippen LogP contribution in [0.5, 0.6) is 5.75 Å². The topological polar surface area (TPSA) is 119 Å². The van der Waals surface area contributed by atoms with Gasteiger partial charge in [0.1, 0.15) is 18.0 Å². The Morgan fingerprint density at radius 3 is 2.34 bits per heavy atom. The van der Waals surface area contributed by atoms with Crippen molar-refractivity contribution in [2.75, 3.05) is 29.5 Å². The fourth-order valence-electron chi connectivity index (χ4n) is 3.15. The average molecular weight is 455 g/mol. The summed E-state index contributed by atoms with van der Waals surface area (Å²) in [5.74, 6) is -0.536. The molecule has 0 aliphatic rings. The smallest absolute Gasteiger partial charge is 0.271 e. The van der Waals surface area contributed by atoms with Gasteiger partial charge in [0.05, 0.1) is 18.3 Å². The zero-order valence-electron chi connectivity index (χ0n) is 17.4. The molecule has 3 rings (SSSR count). The van der Waals surface area contributed by atoms with Gasteiger partial charge in [0.25, 0.3) is 5.69 Å². The number of para-hydroxylation sites is 1. The maximum absolute atomic E-state index is 12.9. The molecule has 0 heterocycles. The third-order valence-corrected chi connectivity index (χ3v) is 5.74. The van der Waals surface area contributed by atoms with Gasteiger partial charge in [0, 0.05) is 23.4 Å². The number of nitro groups is 1. The van der Waals surface area contributed by atoms with Crippen LogP contribution in [0.3, 0.4) is 0 Å². The van der Waals surface area contributed by atoms with Gasteiger partial charge in [-0.05, 0) is 17.7 Å². The number of sulfonamides is 1. The number of nitrogens with zero attached hydrogens (tertiary/aromatic N) is 2. The van der Waals surface area contributed by atoms with Crippen molar-refractivity contribution in [1.82, 2.24) is 0 Å². The summed E-state index contributed by atoms with van der Waals surface area (Å²) in [7, 11) is -2.67. The first kappa shape index (κ1) is 22.8. The van der Waals surface area contributed by atoms with E-state index in [1.165, 1.54) is 19.2 Å². The minimum Gasteiger partial charge on any atom is -0.495 e. The number of nitrogens with one attached hydrogen (secondary N) is 1. The van der Waals surface area contributed by atoms with E-state index in [-0.39, 0.29) is 17.1 Å². The molecule has 0 aliphatic carbocycles. The third-order valence-electron chi connectivity index (χ3n) is 4.62. The molecule has 0 fully saturated rings. The van der Waals surface area contributed by atoms with Crippen LogP contribution < -0.4 is 14.4 Å². The molecule has 32 heavy (non-hydrogen) atoms. The number of methoxy groups -OCH3 is 1. The number of nitro benzene ring substituents is 1. The second kappa shape index (κ2) is 9.48. The van der Waals surface area contributed by atoms with Gasteiger partial charge in [0.2, 0.25) is 15.9 Å². The van der Waals surface area contributed by atoms with Crippen molar-refractivity contribution >= 4 is 33.0 Å². The predicted octanol–water partition coefficient (Wildman–Crippen LogP) is 3.68. The summed E-state index contributed by atoms with van der Waals surface area (Å²) in [6.07, 6.45) is 0.913. The minimum absolute atomic E-state index is 0.0820. The van der Waals surface area contributed by atoms with Crippen LogP contribution >= 0.6 is 0 Å². The molecular weight excluding hydrogens is 434 g/mol. The number of non-ortho nitro benzene ring substituents is 1. The Bertz CT molecular complexity index is 1250. The molecule has 166 valence electrons. The van der Waals surface area contributed by atoms with Crippen molar-refractivity contribution in [3.63, 3.8) is 0 Å². The van der Waals surface area contributed by atoms with Gasteiger partial charge in [-0.1, -0.05) is 48.5 Å². The van der Waals surface area contributed by atoms with Crippen molar-refractivity contribution in [1.29, 1.82) is 0 Å². The highest BCUT2D eigenvalue weighted by molar-refractivity contribution is 7.92. The largest absolute Gasteiger partial charge is 0.495 e. The molecule has 0 saturated carbocycles. The molecule has 0 bridgehead atoms. The van der Waals surface area contributed by atoms with Crippen LogP contribution in [0, 0.1) is 10.1 Å². The Morgan fingerprint density at radius 1 is 1.06 bits per heavy atom. The van der Waals surface area contributed by atoms with Crippen molar-refractivity contribution in [2.24, 2.45) is 0 Å². The molecular formula is C22H21N3O6S. The summed E-state index contributed by atoms with van der Waals surface area (Å²) in [4.78, 5) is 23.4. The lowest BCUT2D eigenvalue weighted by Gasteiger charge is -2.24. The highest BCUT2D eigenvalue weighted by Gasteiger charge is 2.26. The molecule has 0 unspecified atom stereocenters.